The minimum Gasteiger partial charge on any atom is -0.494 e. The van der Waals surface area contributed by atoms with Gasteiger partial charge in [-0.2, -0.15) is 5.10 Å². The number of nitrogens with zero attached hydrogens (tertiary/aromatic N) is 3. The number of halogens is 1. The van der Waals surface area contributed by atoms with Crippen LogP contribution in [0.15, 0.2) is 41.7 Å². The van der Waals surface area contributed by atoms with Crippen LogP contribution in [-0.2, 0) is 22.8 Å². The van der Waals surface area contributed by atoms with Crippen molar-refractivity contribution in [3.8, 4) is 5.75 Å². The van der Waals surface area contributed by atoms with Crippen LogP contribution in [0.25, 0.3) is 0 Å². The van der Waals surface area contributed by atoms with E-state index in [0.29, 0.717) is 12.6 Å². The summed E-state index contributed by atoms with van der Waals surface area (Å²) in [5.41, 5.74) is 0.873. The molecular weight excluding hydrogens is 533 g/mol. The zero-order valence-electron chi connectivity index (χ0n) is 20.1. The highest BCUT2D eigenvalue weighted by Crippen LogP contribution is 2.35. The summed E-state index contributed by atoms with van der Waals surface area (Å²) >= 11 is 0. The molecule has 184 valence electrons. The van der Waals surface area contributed by atoms with Gasteiger partial charge < -0.3 is 25.2 Å². The number of nitrogens with one attached hydrogen (secondary N) is 2. The van der Waals surface area contributed by atoms with Crippen LogP contribution in [0.4, 0.5) is 0 Å². The Morgan fingerprint density at radius 3 is 2.52 bits per heavy atom. The van der Waals surface area contributed by atoms with Gasteiger partial charge in [-0.25, -0.2) is 4.99 Å². The second-order valence-corrected chi connectivity index (χ2v) is 8.58. The van der Waals surface area contributed by atoms with E-state index in [2.05, 4.69) is 32.9 Å². The van der Waals surface area contributed by atoms with E-state index in [4.69, 9.17) is 9.47 Å². The van der Waals surface area contributed by atoms with Crippen LogP contribution in [-0.4, -0.2) is 60.3 Å². The van der Waals surface area contributed by atoms with Gasteiger partial charge in [0.05, 0.1) is 19.3 Å². The monoisotopic (exact) mass is 571 g/mol. The van der Waals surface area contributed by atoms with Crippen LogP contribution in [0, 0.1) is 0 Å². The van der Waals surface area contributed by atoms with E-state index in [0.717, 1.165) is 50.5 Å². The summed E-state index contributed by atoms with van der Waals surface area (Å²) in [5, 5.41) is 21.9. The molecule has 1 aliphatic heterocycles. The van der Waals surface area contributed by atoms with Crippen LogP contribution >= 0.6 is 24.0 Å². The molecule has 1 aromatic carbocycles. The van der Waals surface area contributed by atoms with Crippen molar-refractivity contribution in [3.05, 3.63) is 47.8 Å². The molecule has 1 saturated heterocycles. The predicted molar refractivity (Wildman–Crippen MR) is 142 cm³/mol. The maximum atomic E-state index is 10.9. The molecule has 0 bridgehead atoms. The fourth-order valence-electron chi connectivity index (χ4n) is 4.02. The molecule has 1 unspecified atom stereocenters. The summed E-state index contributed by atoms with van der Waals surface area (Å²) < 4.78 is 13.0. The first kappa shape index (κ1) is 27.4. The molecule has 2 aromatic rings. The molecule has 1 aromatic heterocycles. The number of hydrogen-bond donors (Lipinski definition) is 3. The van der Waals surface area contributed by atoms with Gasteiger partial charge in [0.1, 0.15) is 11.4 Å². The first-order valence-electron chi connectivity index (χ1n) is 11.4. The molecule has 0 aliphatic carbocycles. The summed E-state index contributed by atoms with van der Waals surface area (Å²) in [6.45, 7) is 9.61. The Balaban J connectivity index is 0.00000385. The van der Waals surface area contributed by atoms with Crippen molar-refractivity contribution in [1.29, 1.82) is 0 Å². The fraction of sp³-hybridized carbons (Fsp3) is 0.583. The van der Waals surface area contributed by atoms with Gasteiger partial charge in [0.25, 0.3) is 0 Å². The number of benzene rings is 1. The molecule has 0 saturated carbocycles. The lowest BCUT2D eigenvalue weighted by molar-refractivity contribution is 0.0513. The Kier molecular flexibility index (Phi) is 10.4. The number of ether oxygens (including phenoxy) is 2. The number of hydrogen-bond acceptors (Lipinski definition) is 5. The minimum atomic E-state index is -1.10. The summed E-state index contributed by atoms with van der Waals surface area (Å²) in [6, 6.07) is 8.41. The van der Waals surface area contributed by atoms with Crippen molar-refractivity contribution in [2.45, 2.75) is 44.6 Å². The Hall–Kier alpha value is -1.85. The topological polar surface area (TPSA) is 92.9 Å². The first-order valence-corrected chi connectivity index (χ1v) is 11.4. The minimum absolute atomic E-state index is 0. The van der Waals surface area contributed by atoms with E-state index < -0.39 is 5.60 Å². The Morgan fingerprint density at radius 2 is 1.94 bits per heavy atom. The van der Waals surface area contributed by atoms with Crippen molar-refractivity contribution >= 4 is 29.9 Å². The van der Waals surface area contributed by atoms with Crippen molar-refractivity contribution in [2.24, 2.45) is 12.0 Å². The Bertz CT molecular complexity index is 876. The highest BCUT2D eigenvalue weighted by atomic mass is 127. The molecule has 1 atom stereocenters. The van der Waals surface area contributed by atoms with Gasteiger partial charge in [0.2, 0.25) is 0 Å². The largest absolute Gasteiger partial charge is 0.494 e. The average molecular weight is 572 g/mol. The van der Waals surface area contributed by atoms with E-state index in [1.54, 1.807) is 17.8 Å². The maximum Gasteiger partial charge on any atom is 0.191 e. The number of rotatable bonds is 9. The molecule has 33 heavy (non-hydrogen) atoms. The highest BCUT2D eigenvalue weighted by molar-refractivity contribution is 14.0. The summed E-state index contributed by atoms with van der Waals surface area (Å²) in [6.07, 6.45) is 5.36. The molecule has 2 heterocycles. The molecule has 0 spiro atoms. The fourth-order valence-corrected chi connectivity index (χ4v) is 4.02. The third kappa shape index (κ3) is 7.31. The van der Waals surface area contributed by atoms with Crippen LogP contribution in [0.2, 0.25) is 0 Å². The van der Waals surface area contributed by atoms with Gasteiger partial charge in [-0.3, -0.25) is 4.68 Å². The van der Waals surface area contributed by atoms with Crippen LogP contribution in [0.1, 0.15) is 44.7 Å². The second kappa shape index (κ2) is 12.6. The molecule has 0 amide bonds. The molecule has 9 heteroatoms. The van der Waals surface area contributed by atoms with Crippen molar-refractivity contribution in [1.82, 2.24) is 20.4 Å². The molecule has 1 fully saturated rings. The van der Waals surface area contributed by atoms with Crippen LogP contribution in [0.3, 0.4) is 0 Å². The van der Waals surface area contributed by atoms with Crippen LogP contribution < -0.4 is 15.4 Å². The number of aliphatic hydroxyl groups is 1. The smallest absolute Gasteiger partial charge is 0.191 e. The lowest BCUT2D eigenvalue weighted by Gasteiger charge is -2.38. The summed E-state index contributed by atoms with van der Waals surface area (Å²) in [7, 11) is 1.84. The van der Waals surface area contributed by atoms with E-state index >= 15 is 0 Å². The lowest BCUT2D eigenvalue weighted by Crippen LogP contribution is -2.48. The van der Waals surface area contributed by atoms with Gasteiger partial charge in [0.15, 0.2) is 5.96 Å². The number of aryl methyl sites for hydroxylation is 1. The third-order valence-corrected chi connectivity index (χ3v) is 6.04. The second-order valence-electron chi connectivity index (χ2n) is 8.58. The maximum absolute atomic E-state index is 10.9. The highest BCUT2D eigenvalue weighted by Gasteiger charge is 2.35. The Morgan fingerprint density at radius 1 is 1.24 bits per heavy atom. The molecule has 3 N–H and O–H groups in total. The number of guanidine groups is 1. The van der Waals surface area contributed by atoms with E-state index in [-0.39, 0.29) is 35.9 Å². The normalized spacial score (nSPS) is 17.5. The van der Waals surface area contributed by atoms with Crippen molar-refractivity contribution in [2.75, 3.05) is 39.5 Å². The third-order valence-electron chi connectivity index (χ3n) is 6.04. The van der Waals surface area contributed by atoms with E-state index in [1.807, 2.05) is 39.2 Å². The number of aliphatic imine (C=N–C) groups is 1. The van der Waals surface area contributed by atoms with E-state index in [1.165, 1.54) is 5.56 Å². The van der Waals surface area contributed by atoms with Gasteiger partial charge in [-0.05, 0) is 51.3 Å². The molecule has 8 nitrogen and oxygen atoms in total. The molecule has 0 radical (unpaired) electrons. The average Bonchev–Trinajstić information content (AvgIpc) is 3.24. The standard InChI is InChI=1S/C24H37N5O3.HI/c1-5-25-22(26-17-23(3,30)20-15-28-29(4)16-20)27-18-24(11-13-31-14-12-24)19-7-9-21(10-8-19)32-6-2;/h7-10,15-16,30H,5-6,11-14,17-18H2,1-4H3,(H2,25,26,27);1H. The van der Waals surface area contributed by atoms with E-state index in [9.17, 15) is 5.11 Å². The zero-order chi connectivity index (χ0) is 23.0. The number of aromatic nitrogens is 2. The summed E-state index contributed by atoms with van der Waals surface area (Å²) in [5.74, 6) is 1.58. The Labute approximate surface area is 214 Å². The zero-order valence-corrected chi connectivity index (χ0v) is 22.5. The van der Waals surface area contributed by atoms with Crippen LogP contribution in [0.5, 0.6) is 5.75 Å². The predicted octanol–water partition coefficient (Wildman–Crippen LogP) is 2.95. The summed E-state index contributed by atoms with van der Waals surface area (Å²) in [4.78, 5) is 4.67. The van der Waals surface area contributed by atoms with Gasteiger partial charge in [-0.1, -0.05) is 12.1 Å². The first-order chi connectivity index (χ1) is 15.4. The van der Waals surface area contributed by atoms with Gasteiger partial charge in [-0.15, -0.1) is 24.0 Å². The van der Waals surface area contributed by atoms with Gasteiger partial charge in [0, 0.05) is 50.5 Å². The van der Waals surface area contributed by atoms with Crippen molar-refractivity contribution < 1.29 is 14.6 Å². The molecular formula is C24H38IN5O3. The molecule has 1 aliphatic rings. The lowest BCUT2D eigenvalue weighted by atomic mass is 9.74. The SMILES string of the molecule is CCNC(=NCC(C)(O)c1cnn(C)c1)NCC1(c2ccc(OCC)cc2)CCOCC1.I. The van der Waals surface area contributed by atoms with Gasteiger partial charge >= 0.3 is 0 Å². The molecule has 3 rings (SSSR count). The van der Waals surface area contributed by atoms with Crippen molar-refractivity contribution in [3.63, 3.8) is 0 Å². The quantitative estimate of drug-likeness (QED) is 0.244.